The lowest BCUT2D eigenvalue weighted by Crippen LogP contribution is -2.29. The highest BCUT2D eigenvalue weighted by Gasteiger charge is 2.02. The van der Waals surface area contributed by atoms with Crippen LogP contribution in [-0.2, 0) is 9.59 Å². The summed E-state index contributed by atoms with van der Waals surface area (Å²) in [6.45, 7) is 0.369. The first kappa shape index (κ1) is 9.23. The first-order valence-electron chi connectivity index (χ1n) is 2.77. The van der Waals surface area contributed by atoms with Crippen LogP contribution in [0.5, 0.6) is 0 Å². The number of carbonyl (C=O) groups is 2. The highest BCUT2D eigenvalue weighted by atomic mass is 35.5. The zero-order valence-electron chi connectivity index (χ0n) is 5.39. The van der Waals surface area contributed by atoms with E-state index >= 15 is 0 Å². The maximum absolute atomic E-state index is 10.5. The van der Waals surface area contributed by atoms with Gasteiger partial charge in [0.15, 0.2) is 0 Å². The van der Waals surface area contributed by atoms with E-state index in [-0.39, 0.29) is 12.3 Å². The van der Waals surface area contributed by atoms with Crippen LogP contribution in [0.25, 0.3) is 0 Å². The molecule has 0 aromatic carbocycles. The van der Waals surface area contributed by atoms with Crippen LogP contribution in [-0.4, -0.2) is 24.2 Å². The first-order valence-corrected chi connectivity index (χ1v) is 3.31. The molecule has 0 unspecified atom stereocenters. The minimum atomic E-state index is -0.632. The average molecular weight is 165 g/mol. The van der Waals surface area contributed by atoms with Crippen molar-refractivity contribution in [1.82, 2.24) is 5.32 Å². The molecule has 10 heavy (non-hydrogen) atoms. The van der Waals surface area contributed by atoms with Crippen molar-refractivity contribution >= 4 is 23.4 Å². The van der Waals surface area contributed by atoms with Gasteiger partial charge in [-0.3, -0.25) is 9.59 Å². The number of nitrogens with one attached hydrogen (secondary N) is 1. The van der Waals surface area contributed by atoms with E-state index in [0.717, 1.165) is 0 Å². The smallest absolute Gasteiger partial charge is 0.229 e. The number of hydrogen-bond donors (Lipinski definition) is 2. The molecule has 0 rings (SSSR count). The molecule has 0 radical (unpaired) electrons. The van der Waals surface area contributed by atoms with Gasteiger partial charge >= 0.3 is 0 Å². The molecule has 0 fully saturated rings. The molecule has 0 aliphatic rings. The van der Waals surface area contributed by atoms with Crippen molar-refractivity contribution in [2.75, 3.05) is 12.4 Å². The number of primary amides is 1. The summed E-state index contributed by atoms with van der Waals surface area (Å²) in [7, 11) is 0. The third kappa shape index (κ3) is 5.37. The van der Waals surface area contributed by atoms with Gasteiger partial charge in [0.05, 0.1) is 0 Å². The molecule has 0 spiro atoms. The summed E-state index contributed by atoms with van der Waals surface area (Å²) < 4.78 is 0. The summed E-state index contributed by atoms with van der Waals surface area (Å²) in [6.07, 6.45) is -0.267. The highest BCUT2D eigenvalue weighted by Crippen LogP contribution is 1.77. The Kier molecular flexibility index (Phi) is 4.66. The van der Waals surface area contributed by atoms with Gasteiger partial charge in [0, 0.05) is 12.4 Å². The van der Waals surface area contributed by atoms with Crippen molar-refractivity contribution in [3.05, 3.63) is 0 Å². The second kappa shape index (κ2) is 5.05. The monoisotopic (exact) mass is 164 g/mol. The predicted molar refractivity (Wildman–Crippen MR) is 37.5 cm³/mol. The average Bonchev–Trinajstić information content (AvgIpc) is 1.82. The molecule has 0 heterocycles. The largest absolute Gasteiger partial charge is 0.369 e. The summed E-state index contributed by atoms with van der Waals surface area (Å²) in [5, 5.41) is 2.39. The second-order valence-corrected chi connectivity index (χ2v) is 2.06. The van der Waals surface area contributed by atoms with E-state index in [9.17, 15) is 9.59 Å². The van der Waals surface area contributed by atoms with Crippen LogP contribution >= 0.6 is 11.6 Å². The Morgan fingerprint density at radius 1 is 1.50 bits per heavy atom. The van der Waals surface area contributed by atoms with Gasteiger partial charge in [-0.25, -0.2) is 0 Å². The minimum absolute atomic E-state index is 0.267. The Labute approximate surface area is 63.7 Å². The van der Waals surface area contributed by atoms with Gasteiger partial charge in [0.25, 0.3) is 0 Å². The number of amides is 2. The highest BCUT2D eigenvalue weighted by molar-refractivity contribution is 6.18. The van der Waals surface area contributed by atoms with Crippen molar-refractivity contribution in [1.29, 1.82) is 0 Å². The van der Waals surface area contributed by atoms with Gasteiger partial charge < -0.3 is 11.1 Å². The molecule has 2 amide bonds. The van der Waals surface area contributed by atoms with E-state index in [4.69, 9.17) is 17.3 Å². The maximum atomic E-state index is 10.5. The first-order chi connectivity index (χ1) is 4.66. The van der Waals surface area contributed by atoms with Crippen LogP contribution < -0.4 is 11.1 Å². The quantitative estimate of drug-likeness (QED) is 0.423. The molecule has 0 aromatic heterocycles. The number of halogens is 1. The van der Waals surface area contributed by atoms with Crippen LogP contribution in [0.1, 0.15) is 6.42 Å². The molecule has 4 nitrogen and oxygen atoms in total. The number of rotatable bonds is 4. The van der Waals surface area contributed by atoms with E-state index < -0.39 is 5.91 Å². The fourth-order valence-corrected chi connectivity index (χ4v) is 0.502. The Hall–Kier alpha value is -0.770. The van der Waals surface area contributed by atoms with E-state index in [1.807, 2.05) is 0 Å². The van der Waals surface area contributed by atoms with E-state index in [1.165, 1.54) is 0 Å². The molecule has 5 heteroatoms. The molecule has 3 N–H and O–H groups in total. The standard InChI is InChI=1S/C5H9ClN2O2/c6-1-2-8-5(10)3-4(7)9/h1-3H2,(H2,7,9)(H,8,10). The molecule has 58 valence electrons. The fourth-order valence-electron chi connectivity index (χ4n) is 0.407. The van der Waals surface area contributed by atoms with Gasteiger partial charge in [0.2, 0.25) is 11.8 Å². The summed E-state index contributed by atoms with van der Waals surface area (Å²) in [4.78, 5) is 20.6. The Morgan fingerprint density at radius 3 is 2.50 bits per heavy atom. The molecular formula is C5H9ClN2O2. The Balaban J connectivity index is 3.35. The molecule has 0 aliphatic heterocycles. The zero-order valence-corrected chi connectivity index (χ0v) is 6.15. The Bertz CT molecular complexity index is 138. The van der Waals surface area contributed by atoms with Gasteiger partial charge in [-0.1, -0.05) is 0 Å². The lowest BCUT2D eigenvalue weighted by atomic mass is 10.4. The molecule has 0 aliphatic carbocycles. The van der Waals surface area contributed by atoms with Crippen molar-refractivity contribution in [3.63, 3.8) is 0 Å². The van der Waals surface area contributed by atoms with Gasteiger partial charge in [-0.15, -0.1) is 11.6 Å². The van der Waals surface area contributed by atoms with E-state index in [1.54, 1.807) is 0 Å². The lowest BCUT2D eigenvalue weighted by Gasteiger charge is -1.98. The third-order valence-corrected chi connectivity index (χ3v) is 0.940. The van der Waals surface area contributed by atoms with E-state index in [0.29, 0.717) is 12.4 Å². The number of alkyl halides is 1. The number of hydrogen-bond acceptors (Lipinski definition) is 2. The molecule has 0 aromatic rings. The van der Waals surface area contributed by atoms with E-state index in [2.05, 4.69) is 5.32 Å². The maximum Gasteiger partial charge on any atom is 0.229 e. The van der Waals surface area contributed by atoms with Crippen molar-refractivity contribution in [3.8, 4) is 0 Å². The topological polar surface area (TPSA) is 72.2 Å². The molecule has 0 saturated heterocycles. The van der Waals surface area contributed by atoms with Crippen molar-refractivity contribution in [2.24, 2.45) is 5.73 Å². The normalized spacial score (nSPS) is 8.90. The zero-order chi connectivity index (χ0) is 7.98. The number of nitrogens with two attached hydrogens (primary N) is 1. The van der Waals surface area contributed by atoms with Gasteiger partial charge in [-0.2, -0.15) is 0 Å². The second-order valence-electron chi connectivity index (χ2n) is 1.68. The summed E-state index contributed by atoms with van der Waals surface area (Å²) in [5.41, 5.74) is 4.73. The molecule has 0 bridgehead atoms. The fraction of sp³-hybridized carbons (Fsp3) is 0.600. The SMILES string of the molecule is NC(=O)CC(=O)NCCCl. The molecular weight excluding hydrogens is 156 g/mol. The molecule has 0 atom stereocenters. The number of carbonyl (C=O) groups excluding carboxylic acids is 2. The minimum Gasteiger partial charge on any atom is -0.369 e. The van der Waals surface area contributed by atoms with Crippen LogP contribution in [0.3, 0.4) is 0 Å². The third-order valence-electron chi connectivity index (χ3n) is 0.751. The van der Waals surface area contributed by atoms with Crippen LogP contribution in [0.15, 0.2) is 0 Å². The summed E-state index contributed by atoms with van der Waals surface area (Å²) in [5.74, 6) is -0.676. The summed E-state index contributed by atoms with van der Waals surface area (Å²) in [6, 6.07) is 0. The molecule has 0 saturated carbocycles. The van der Waals surface area contributed by atoms with Crippen molar-refractivity contribution in [2.45, 2.75) is 6.42 Å². The van der Waals surface area contributed by atoms with Crippen LogP contribution in [0.4, 0.5) is 0 Å². The Morgan fingerprint density at radius 2 is 2.10 bits per heavy atom. The predicted octanol–water partition coefficient (Wildman–Crippen LogP) is -0.783. The van der Waals surface area contributed by atoms with Crippen LogP contribution in [0.2, 0.25) is 0 Å². The van der Waals surface area contributed by atoms with Gasteiger partial charge in [-0.05, 0) is 0 Å². The van der Waals surface area contributed by atoms with Gasteiger partial charge in [0.1, 0.15) is 6.42 Å². The van der Waals surface area contributed by atoms with Crippen molar-refractivity contribution < 1.29 is 9.59 Å². The lowest BCUT2D eigenvalue weighted by molar-refractivity contribution is -0.127. The summed E-state index contributed by atoms with van der Waals surface area (Å²) >= 11 is 5.25. The van der Waals surface area contributed by atoms with Crippen LogP contribution in [0, 0.1) is 0 Å².